The Kier molecular flexibility index (Phi) is 1.54. The van der Waals surface area contributed by atoms with Crippen LogP contribution in [0.1, 0.15) is 0 Å². The summed E-state index contributed by atoms with van der Waals surface area (Å²) in [6, 6.07) is 22.6. The lowest BCUT2D eigenvalue weighted by molar-refractivity contribution is 1.75. The second-order valence-electron chi connectivity index (χ2n) is 3.36. The molecule has 0 saturated carbocycles. The minimum atomic E-state index is 1.25. The van der Waals surface area contributed by atoms with Crippen LogP contribution < -0.4 is 0 Å². The van der Waals surface area contributed by atoms with Crippen molar-refractivity contribution in [3.63, 3.8) is 0 Å². The predicted octanol–water partition coefficient (Wildman–Crippen LogP) is 3.59. The molecule has 0 spiro atoms. The first kappa shape index (κ1) is 7.57. The molecule has 0 aromatic heterocycles. The standard InChI is InChI=1S/C14H8/c1-3-7-13-11(5-1)9-10-12-6-2-4-8-14(12)13/h1-2,5-10H/q-2. The Morgan fingerprint density at radius 1 is 0.643 bits per heavy atom. The van der Waals surface area contributed by atoms with Gasteiger partial charge in [0.1, 0.15) is 0 Å². The molecule has 66 valence electrons. The highest BCUT2D eigenvalue weighted by Gasteiger charge is 1.84. The zero-order chi connectivity index (χ0) is 9.38. The maximum Gasteiger partial charge on any atom is -0.0812 e. The van der Waals surface area contributed by atoms with Crippen molar-refractivity contribution in [1.29, 1.82) is 0 Å². The van der Waals surface area contributed by atoms with Gasteiger partial charge in [-0.2, -0.15) is 59.3 Å². The summed E-state index contributed by atoms with van der Waals surface area (Å²) >= 11 is 0. The lowest BCUT2D eigenvalue weighted by atomic mass is 10.0. The van der Waals surface area contributed by atoms with Gasteiger partial charge in [0.15, 0.2) is 0 Å². The van der Waals surface area contributed by atoms with Crippen molar-refractivity contribution >= 4 is 21.5 Å². The maximum absolute atomic E-state index is 3.11. The lowest BCUT2D eigenvalue weighted by Crippen LogP contribution is -1.76. The van der Waals surface area contributed by atoms with Crippen molar-refractivity contribution in [3.8, 4) is 0 Å². The fourth-order valence-corrected chi connectivity index (χ4v) is 1.82. The van der Waals surface area contributed by atoms with Gasteiger partial charge in [-0.1, -0.05) is 12.1 Å². The van der Waals surface area contributed by atoms with Crippen LogP contribution in [0.25, 0.3) is 21.5 Å². The minimum Gasteiger partial charge on any atom is -0.184 e. The summed E-state index contributed by atoms with van der Waals surface area (Å²) in [6.07, 6.45) is 0. The molecular weight excluding hydrogens is 168 g/mol. The lowest BCUT2D eigenvalue weighted by Gasteiger charge is -2.14. The third kappa shape index (κ3) is 1.01. The van der Waals surface area contributed by atoms with E-state index in [2.05, 4.69) is 36.4 Å². The molecule has 0 bridgehead atoms. The summed E-state index contributed by atoms with van der Waals surface area (Å²) in [5, 5.41) is 5.02. The van der Waals surface area contributed by atoms with Crippen molar-refractivity contribution < 1.29 is 0 Å². The largest absolute Gasteiger partial charge is 0.184 e. The van der Waals surface area contributed by atoms with Crippen LogP contribution in [0.4, 0.5) is 0 Å². The molecular formula is C14H8-2. The van der Waals surface area contributed by atoms with E-state index in [1.807, 2.05) is 24.3 Å². The Morgan fingerprint density at radius 3 is 1.64 bits per heavy atom. The van der Waals surface area contributed by atoms with Gasteiger partial charge in [-0.15, -0.1) is 10.8 Å². The van der Waals surface area contributed by atoms with Crippen LogP contribution in [0.3, 0.4) is 0 Å². The molecule has 0 heteroatoms. The Labute approximate surface area is 82.8 Å². The highest BCUT2D eigenvalue weighted by atomic mass is 14.0. The molecule has 3 rings (SSSR count). The second kappa shape index (κ2) is 2.85. The molecule has 0 N–H and O–H groups in total. The average molecular weight is 176 g/mol. The zero-order valence-electron chi connectivity index (χ0n) is 7.62. The number of hydrogen-bond acceptors (Lipinski definition) is 0. The molecule has 14 heavy (non-hydrogen) atoms. The van der Waals surface area contributed by atoms with Gasteiger partial charge >= 0.3 is 0 Å². The van der Waals surface area contributed by atoms with E-state index >= 15 is 0 Å². The van der Waals surface area contributed by atoms with Gasteiger partial charge in [0.25, 0.3) is 0 Å². The number of benzene rings is 3. The first-order valence-corrected chi connectivity index (χ1v) is 4.64. The van der Waals surface area contributed by atoms with Crippen molar-refractivity contribution in [2.24, 2.45) is 0 Å². The van der Waals surface area contributed by atoms with Gasteiger partial charge in [0, 0.05) is 0 Å². The first-order chi connectivity index (χ1) is 6.95. The minimum absolute atomic E-state index is 1.25. The van der Waals surface area contributed by atoms with E-state index < -0.39 is 0 Å². The molecule has 0 nitrogen and oxygen atoms in total. The predicted molar refractivity (Wildman–Crippen MR) is 59.1 cm³/mol. The number of rotatable bonds is 0. The van der Waals surface area contributed by atoms with Crippen molar-refractivity contribution in [1.82, 2.24) is 0 Å². The summed E-state index contributed by atoms with van der Waals surface area (Å²) in [4.78, 5) is 0. The van der Waals surface area contributed by atoms with Crippen molar-refractivity contribution in [2.45, 2.75) is 0 Å². The van der Waals surface area contributed by atoms with Crippen molar-refractivity contribution in [3.05, 3.63) is 60.7 Å². The molecule has 0 radical (unpaired) electrons. The van der Waals surface area contributed by atoms with Crippen molar-refractivity contribution in [2.75, 3.05) is 0 Å². The second-order valence-corrected chi connectivity index (χ2v) is 3.36. The average Bonchev–Trinajstić information content (AvgIpc) is 2.29. The van der Waals surface area contributed by atoms with E-state index in [0.29, 0.717) is 0 Å². The summed E-state index contributed by atoms with van der Waals surface area (Å²) in [5.74, 6) is 0. The van der Waals surface area contributed by atoms with Crippen LogP contribution >= 0.6 is 0 Å². The fraction of sp³-hybridized carbons (Fsp3) is 0. The van der Waals surface area contributed by atoms with Gasteiger partial charge in [0.05, 0.1) is 0 Å². The molecule has 0 unspecified atom stereocenters. The Hall–Kier alpha value is -1.82. The quantitative estimate of drug-likeness (QED) is 0.362. The van der Waals surface area contributed by atoms with Gasteiger partial charge < -0.3 is 0 Å². The molecule has 0 atom stereocenters. The SMILES string of the molecule is [c-]1ccc2ccc3cc[c-]cc3c2c1. The highest BCUT2D eigenvalue weighted by molar-refractivity contribution is 6.07. The van der Waals surface area contributed by atoms with Gasteiger partial charge in [-0.25, -0.2) is 0 Å². The van der Waals surface area contributed by atoms with Crippen LogP contribution in [-0.4, -0.2) is 0 Å². The summed E-state index contributed by atoms with van der Waals surface area (Å²) in [6.45, 7) is 0. The maximum atomic E-state index is 3.11. The molecule has 0 amide bonds. The van der Waals surface area contributed by atoms with Crippen LogP contribution in [0.15, 0.2) is 48.5 Å². The van der Waals surface area contributed by atoms with E-state index in [0.717, 1.165) is 0 Å². The van der Waals surface area contributed by atoms with Crippen LogP contribution in [0.2, 0.25) is 0 Å². The molecule has 0 aliphatic rings. The Bertz CT molecular complexity index is 539. The van der Waals surface area contributed by atoms with Crippen LogP contribution in [0, 0.1) is 12.1 Å². The molecule has 0 saturated heterocycles. The first-order valence-electron chi connectivity index (χ1n) is 4.64. The highest BCUT2D eigenvalue weighted by Crippen LogP contribution is 2.24. The van der Waals surface area contributed by atoms with E-state index in [-0.39, 0.29) is 0 Å². The summed E-state index contributed by atoms with van der Waals surface area (Å²) in [5.41, 5.74) is 0. The molecule has 0 fully saturated rings. The zero-order valence-corrected chi connectivity index (χ0v) is 7.62. The van der Waals surface area contributed by atoms with E-state index in [4.69, 9.17) is 0 Å². The third-order valence-corrected chi connectivity index (χ3v) is 2.53. The summed E-state index contributed by atoms with van der Waals surface area (Å²) in [7, 11) is 0. The van der Waals surface area contributed by atoms with Crippen LogP contribution in [-0.2, 0) is 0 Å². The van der Waals surface area contributed by atoms with Gasteiger partial charge in [0.2, 0.25) is 0 Å². The number of hydrogen-bond donors (Lipinski definition) is 0. The molecule has 0 aliphatic heterocycles. The molecule has 0 aliphatic carbocycles. The third-order valence-electron chi connectivity index (χ3n) is 2.53. The van der Waals surface area contributed by atoms with E-state index in [1.165, 1.54) is 21.5 Å². The number of fused-ring (bicyclic) bond motifs is 3. The molecule has 3 aromatic carbocycles. The molecule has 0 heterocycles. The van der Waals surface area contributed by atoms with E-state index in [1.54, 1.807) is 0 Å². The van der Waals surface area contributed by atoms with Gasteiger partial charge in [-0.05, 0) is 0 Å². The Balaban J connectivity index is 2.61. The summed E-state index contributed by atoms with van der Waals surface area (Å²) < 4.78 is 0. The monoisotopic (exact) mass is 176 g/mol. The topological polar surface area (TPSA) is 0 Å². The molecule has 3 aromatic rings. The Morgan fingerprint density at radius 2 is 1.14 bits per heavy atom. The van der Waals surface area contributed by atoms with E-state index in [9.17, 15) is 0 Å². The van der Waals surface area contributed by atoms with Crippen LogP contribution in [0.5, 0.6) is 0 Å². The fourth-order valence-electron chi connectivity index (χ4n) is 1.82. The normalized spacial score (nSPS) is 10.9. The smallest absolute Gasteiger partial charge is 0.0812 e. The van der Waals surface area contributed by atoms with Gasteiger partial charge in [-0.3, -0.25) is 0 Å².